The summed E-state index contributed by atoms with van der Waals surface area (Å²) >= 11 is 6.03. The average molecular weight is 398 g/mol. The summed E-state index contributed by atoms with van der Waals surface area (Å²) < 4.78 is 15.0. The highest BCUT2D eigenvalue weighted by atomic mass is 35.5. The first kappa shape index (κ1) is 18.2. The number of amides is 1. The number of allylic oxidation sites excluding steroid dienone is 1. The first-order valence-corrected chi connectivity index (χ1v) is 9.02. The molecule has 1 atom stereocenters. The molecule has 1 aromatic heterocycles. The SMILES string of the molecule is CC1=C(C(=O)Nc2ccc(F)cc2C)[C@@H](c2ccc(Cl)cc2)n2ncnc2N1. The van der Waals surface area contributed by atoms with Gasteiger partial charge in [0.2, 0.25) is 5.95 Å². The van der Waals surface area contributed by atoms with Gasteiger partial charge in [-0.3, -0.25) is 4.79 Å². The summed E-state index contributed by atoms with van der Waals surface area (Å²) in [4.78, 5) is 17.4. The second kappa shape index (κ2) is 7.09. The van der Waals surface area contributed by atoms with Gasteiger partial charge in [-0.1, -0.05) is 23.7 Å². The quantitative estimate of drug-likeness (QED) is 0.691. The van der Waals surface area contributed by atoms with Gasteiger partial charge in [0.15, 0.2) is 0 Å². The number of halogens is 2. The first-order valence-electron chi connectivity index (χ1n) is 8.64. The molecule has 2 heterocycles. The van der Waals surface area contributed by atoms with E-state index in [1.54, 1.807) is 29.8 Å². The number of rotatable bonds is 3. The van der Waals surface area contributed by atoms with Gasteiger partial charge in [0.25, 0.3) is 5.91 Å². The zero-order chi connectivity index (χ0) is 19.8. The maximum Gasteiger partial charge on any atom is 0.255 e. The Hall–Kier alpha value is -3.19. The van der Waals surface area contributed by atoms with Crippen molar-refractivity contribution in [3.8, 4) is 0 Å². The van der Waals surface area contributed by atoms with E-state index in [1.807, 2.05) is 19.1 Å². The molecule has 1 aliphatic heterocycles. The molecule has 142 valence electrons. The Morgan fingerprint density at radius 3 is 2.68 bits per heavy atom. The minimum Gasteiger partial charge on any atom is -0.328 e. The van der Waals surface area contributed by atoms with E-state index in [0.29, 0.717) is 33.5 Å². The van der Waals surface area contributed by atoms with Crippen LogP contribution in [0.4, 0.5) is 16.0 Å². The Bertz CT molecular complexity index is 1090. The van der Waals surface area contributed by atoms with Gasteiger partial charge >= 0.3 is 0 Å². The molecular formula is C20H17ClFN5O. The number of fused-ring (bicyclic) bond motifs is 1. The van der Waals surface area contributed by atoms with Gasteiger partial charge in [0, 0.05) is 16.4 Å². The van der Waals surface area contributed by atoms with Crippen molar-refractivity contribution < 1.29 is 9.18 Å². The number of nitrogens with one attached hydrogen (secondary N) is 2. The van der Waals surface area contributed by atoms with E-state index in [9.17, 15) is 9.18 Å². The Labute approximate surface area is 166 Å². The summed E-state index contributed by atoms with van der Waals surface area (Å²) in [7, 11) is 0. The van der Waals surface area contributed by atoms with Gasteiger partial charge in [-0.2, -0.15) is 10.1 Å². The fraction of sp³-hybridized carbons (Fsp3) is 0.150. The summed E-state index contributed by atoms with van der Waals surface area (Å²) in [6.07, 6.45) is 1.43. The molecule has 4 rings (SSSR count). The van der Waals surface area contributed by atoms with Crippen molar-refractivity contribution in [2.45, 2.75) is 19.9 Å². The van der Waals surface area contributed by atoms with Crippen LogP contribution < -0.4 is 10.6 Å². The minimum absolute atomic E-state index is 0.305. The molecule has 3 aromatic rings. The van der Waals surface area contributed by atoms with Crippen molar-refractivity contribution in [1.82, 2.24) is 14.8 Å². The van der Waals surface area contributed by atoms with Crippen molar-refractivity contribution >= 4 is 29.1 Å². The van der Waals surface area contributed by atoms with Crippen molar-refractivity contribution in [2.75, 3.05) is 10.6 Å². The highest BCUT2D eigenvalue weighted by molar-refractivity contribution is 6.30. The van der Waals surface area contributed by atoms with E-state index in [1.165, 1.54) is 18.5 Å². The monoisotopic (exact) mass is 397 g/mol. The van der Waals surface area contributed by atoms with Crippen LogP contribution in [-0.2, 0) is 4.79 Å². The van der Waals surface area contributed by atoms with E-state index in [-0.39, 0.29) is 11.7 Å². The van der Waals surface area contributed by atoms with Crippen LogP contribution in [0.2, 0.25) is 5.02 Å². The third-order valence-electron chi connectivity index (χ3n) is 4.66. The maximum atomic E-state index is 13.4. The second-order valence-electron chi connectivity index (χ2n) is 6.56. The lowest BCUT2D eigenvalue weighted by atomic mass is 9.95. The Morgan fingerprint density at radius 1 is 1.21 bits per heavy atom. The molecule has 0 saturated carbocycles. The molecule has 0 spiro atoms. The lowest BCUT2D eigenvalue weighted by Crippen LogP contribution is -2.31. The molecule has 1 amide bonds. The fourth-order valence-corrected chi connectivity index (χ4v) is 3.42. The summed E-state index contributed by atoms with van der Waals surface area (Å²) in [5, 5.41) is 10.9. The number of hydrogen-bond acceptors (Lipinski definition) is 4. The molecule has 28 heavy (non-hydrogen) atoms. The molecule has 0 aliphatic carbocycles. The van der Waals surface area contributed by atoms with Gasteiger partial charge < -0.3 is 10.6 Å². The van der Waals surface area contributed by atoms with Gasteiger partial charge in [-0.05, 0) is 55.3 Å². The minimum atomic E-state index is -0.475. The van der Waals surface area contributed by atoms with Gasteiger partial charge in [-0.25, -0.2) is 9.07 Å². The van der Waals surface area contributed by atoms with Crippen LogP contribution >= 0.6 is 11.6 Å². The van der Waals surface area contributed by atoms with Gasteiger partial charge in [0.05, 0.1) is 5.57 Å². The average Bonchev–Trinajstić information content (AvgIpc) is 3.11. The van der Waals surface area contributed by atoms with Crippen LogP contribution in [0.1, 0.15) is 24.1 Å². The molecule has 0 radical (unpaired) electrons. The van der Waals surface area contributed by atoms with E-state index in [4.69, 9.17) is 11.6 Å². The van der Waals surface area contributed by atoms with Gasteiger partial charge in [0.1, 0.15) is 18.2 Å². The van der Waals surface area contributed by atoms with Crippen molar-refractivity contribution in [1.29, 1.82) is 0 Å². The summed E-state index contributed by atoms with van der Waals surface area (Å²) in [6, 6.07) is 11.0. The van der Waals surface area contributed by atoms with Gasteiger partial charge in [-0.15, -0.1) is 0 Å². The van der Waals surface area contributed by atoms with Crippen LogP contribution in [0.15, 0.2) is 60.1 Å². The molecule has 0 saturated heterocycles. The lowest BCUT2D eigenvalue weighted by Gasteiger charge is -2.29. The number of hydrogen-bond donors (Lipinski definition) is 2. The van der Waals surface area contributed by atoms with Crippen LogP contribution in [0.3, 0.4) is 0 Å². The Balaban J connectivity index is 1.76. The van der Waals surface area contributed by atoms with Crippen LogP contribution in [-0.4, -0.2) is 20.7 Å². The third-order valence-corrected chi connectivity index (χ3v) is 4.91. The second-order valence-corrected chi connectivity index (χ2v) is 7.00. The number of nitrogens with zero attached hydrogens (tertiary/aromatic N) is 3. The lowest BCUT2D eigenvalue weighted by molar-refractivity contribution is -0.113. The van der Waals surface area contributed by atoms with Crippen LogP contribution in [0, 0.1) is 12.7 Å². The molecule has 8 heteroatoms. The molecule has 0 bridgehead atoms. The molecule has 0 unspecified atom stereocenters. The first-order chi connectivity index (χ1) is 13.4. The summed E-state index contributed by atoms with van der Waals surface area (Å²) in [5.41, 5.74) is 3.19. The van der Waals surface area contributed by atoms with Crippen molar-refractivity contribution in [3.05, 3.63) is 82.0 Å². The predicted octanol–water partition coefficient (Wildman–Crippen LogP) is 4.31. The van der Waals surface area contributed by atoms with E-state index < -0.39 is 6.04 Å². The molecule has 2 N–H and O–H groups in total. The summed E-state index contributed by atoms with van der Waals surface area (Å²) in [6.45, 7) is 3.55. The van der Waals surface area contributed by atoms with E-state index in [0.717, 1.165) is 5.56 Å². The van der Waals surface area contributed by atoms with Crippen molar-refractivity contribution in [2.24, 2.45) is 0 Å². The third kappa shape index (κ3) is 3.25. The largest absolute Gasteiger partial charge is 0.328 e. The normalized spacial score (nSPS) is 15.8. The highest BCUT2D eigenvalue weighted by Crippen LogP contribution is 2.35. The Morgan fingerprint density at radius 2 is 1.96 bits per heavy atom. The molecule has 2 aromatic carbocycles. The highest BCUT2D eigenvalue weighted by Gasteiger charge is 2.33. The number of benzene rings is 2. The summed E-state index contributed by atoms with van der Waals surface area (Å²) in [5.74, 6) is -0.107. The van der Waals surface area contributed by atoms with Crippen LogP contribution in [0.25, 0.3) is 0 Å². The molecule has 6 nitrogen and oxygen atoms in total. The van der Waals surface area contributed by atoms with E-state index >= 15 is 0 Å². The van der Waals surface area contributed by atoms with Crippen molar-refractivity contribution in [3.63, 3.8) is 0 Å². The number of anilines is 2. The maximum absolute atomic E-state index is 13.4. The number of aromatic nitrogens is 3. The zero-order valence-corrected chi connectivity index (χ0v) is 16.0. The molecular weight excluding hydrogens is 381 g/mol. The topological polar surface area (TPSA) is 71.8 Å². The molecule has 0 fully saturated rings. The van der Waals surface area contributed by atoms with Crippen LogP contribution in [0.5, 0.6) is 0 Å². The standard InChI is InChI=1S/C20H17ClFN5O/c1-11-9-15(22)7-8-16(11)26-19(28)17-12(2)25-20-23-10-24-27(20)18(17)13-3-5-14(21)6-4-13/h3-10,18H,1-2H3,(H,26,28)(H,23,24,25)/t18-/m1/s1. The number of aryl methyl sites for hydroxylation is 1. The zero-order valence-electron chi connectivity index (χ0n) is 15.2. The number of carbonyl (C=O) groups excluding carboxylic acids is 1. The molecule has 1 aliphatic rings. The predicted molar refractivity (Wildman–Crippen MR) is 106 cm³/mol. The fourth-order valence-electron chi connectivity index (χ4n) is 3.30. The number of carbonyl (C=O) groups is 1. The smallest absolute Gasteiger partial charge is 0.255 e. The Kier molecular flexibility index (Phi) is 4.60. The van der Waals surface area contributed by atoms with E-state index in [2.05, 4.69) is 20.7 Å².